The van der Waals surface area contributed by atoms with Gasteiger partial charge in [-0.25, -0.2) is 8.78 Å². The molecule has 1 saturated carbocycles. The Bertz CT molecular complexity index is 136. The van der Waals surface area contributed by atoms with Crippen LogP contribution in [-0.4, -0.2) is 17.1 Å². The topological polar surface area (TPSA) is 20.2 Å². The third-order valence-corrected chi connectivity index (χ3v) is 2.44. The van der Waals surface area contributed by atoms with E-state index in [4.69, 9.17) is 0 Å². The Hall–Kier alpha value is -0.180. The van der Waals surface area contributed by atoms with Gasteiger partial charge in [0.25, 0.3) is 0 Å². The molecule has 0 amide bonds. The van der Waals surface area contributed by atoms with Crippen molar-refractivity contribution in [3.63, 3.8) is 0 Å². The Balaban J connectivity index is 2.51. The Morgan fingerprint density at radius 3 is 2.64 bits per heavy atom. The molecule has 0 bridgehead atoms. The highest BCUT2D eigenvalue weighted by molar-refractivity contribution is 4.83. The molecule has 1 aliphatic carbocycles. The van der Waals surface area contributed by atoms with Crippen LogP contribution in [0, 0.1) is 5.92 Å². The van der Waals surface area contributed by atoms with Crippen molar-refractivity contribution in [2.75, 3.05) is 0 Å². The van der Waals surface area contributed by atoms with Crippen LogP contribution in [0.15, 0.2) is 0 Å². The lowest BCUT2D eigenvalue weighted by Gasteiger charge is -2.32. The number of aliphatic hydroxyl groups excluding tert-OH is 1. The molecule has 0 heterocycles. The zero-order chi connectivity index (χ0) is 8.48. The van der Waals surface area contributed by atoms with Crippen LogP contribution in [0.4, 0.5) is 8.78 Å². The number of aliphatic hydroxyl groups is 1. The summed E-state index contributed by atoms with van der Waals surface area (Å²) in [6, 6.07) is 0. The predicted octanol–water partition coefficient (Wildman–Crippen LogP) is 2.19. The lowest BCUT2D eigenvalue weighted by atomic mass is 9.82. The van der Waals surface area contributed by atoms with Crippen molar-refractivity contribution >= 4 is 0 Å². The molecule has 1 N–H and O–H groups in total. The van der Waals surface area contributed by atoms with Crippen molar-refractivity contribution in [3.8, 4) is 0 Å². The Labute approximate surface area is 65.4 Å². The van der Waals surface area contributed by atoms with Crippen molar-refractivity contribution in [3.05, 3.63) is 0 Å². The monoisotopic (exact) mass is 164 g/mol. The minimum Gasteiger partial charge on any atom is -0.393 e. The molecule has 0 unspecified atom stereocenters. The van der Waals surface area contributed by atoms with Gasteiger partial charge in [0.2, 0.25) is 5.92 Å². The summed E-state index contributed by atoms with van der Waals surface area (Å²) in [5, 5.41) is 9.27. The van der Waals surface area contributed by atoms with Crippen LogP contribution in [0.5, 0.6) is 0 Å². The Morgan fingerprint density at radius 2 is 2.18 bits per heavy atom. The molecule has 1 nitrogen and oxygen atoms in total. The van der Waals surface area contributed by atoms with Gasteiger partial charge in [-0.05, 0) is 12.3 Å². The summed E-state index contributed by atoms with van der Waals surface area (Å²) in [6.45, 7) is 1.84. The van der Waals surface area contributed by atoms with E-state index in [-0.39, 0.29) is 25.2 Å². The van der Waals surface area contributed by atoms with E-state index in [1.165, 1.54) is 0 Å². The first kappa shape index (κ1) is 8.91. The smallest absolute Gasteiger partial charge is 0.248 e. The Morgan fingerprint density at radius 1 is 1.55 bits per heavy atom. The van der Waals surface area contributed by atoms with Gasteiger partial charge >= 0.3 is 0 Å². The minimum absolute atomic E-state index is 0.134. The second-order valence-corrected chi connectivity index (χ2v) is 3.33. The summed E-state index contributed by atoms with van der Waals surface area (Å²) >= 11 is 0. The van der Waals surface area contributed by atoms with Gasteiger partial charge in [-0.2, -0.15) is 0 Å². The maximum atomic E-state index is 12.7. The van der Waals surface area contributed by atoms with E-state index in [0.717, 1.165) is 0 Å². The first-order valence-electron chi connectivity index (χ1n) is 4.11. The summed E-state index contributed by atoms with van der Waals surface area (Å²) in [5.74, 6) is -2.72. The molecule has 1 aliphatic rings. The van der Waals surface area contributed by atoms with Crippen LogP contribution >= 0.6 is 0 Å². The van der Waals surface area contributed by atoms with Gasteiger partial charge in [0.1, 0.15) is 0 Å². The fraction of sp³-hybridized carbons (Fsp3) is 1.00. The molecule has 1 rings (SSSR count). The fourth-order valence-electron chi connectivity index (χ4n) is 1.63. The molecule has 2 atom stereocenters. The zero-order valence-electron chi connectivity index (χ0n) is 6.69. The first-order chi connectivity index (χ1) is 5.05. The lowest BCUT2D eigenvalue weighted by Crippen LogP contribution is -2.35. The van der Waals surface area contributed by atoms with Crippen molar-refractivity contribution in [1.82, 2.24) is 0 Å². The fourth-order valence-corrected chi connectivity index (χ4v) is 1.63. The second-order valence-electron chi connectivity index (χ2n) is 3.33. The lowest BCUT2D eigenvalue weighted by molar-refractivity contribution is -0.0922. The van der Waals surface area contributed by atoms with Crippen LogP contribution in [0.25, 0.3) is 0 Å². The van der Waals surface area contributed by atoms with Crippen LogP contribution in [0.3, 0.4) is 0 Å². The molecule has 0 spiro atoms. The van der Waals surface area contributed by atoms with E-state index in [1.807, 2.05) is 6.92 Å². The van der Waals surface area contributed by atoms with E-state index in [2.05, 4.69) is 0 Å². The highest BCUT2D eigenvalue weighted by Gasteiger charge is 2.39. The van der Waals surface area contributed by atoms with Crippen molar-refractivity contribution in [1.29, 1.82) is 0 Å². The van der Waals surface area contributed by atoms with Gasteiger partial charge in [-0.15, -0.1) is 0 Å². The highest BCUT2D eigenvalue weighted by atomic mass is 19.3. The minimum atomic E-state index is -2.53. The van der Waals surface area contributed by atoms with E-state index in [9.17, 15) is 13.9 Å². The maximum absolute atomic E-state index is 12.7. The second kappa shape index (κ2) is 3.05. The summed E-state index contributed by atoms with van der Waals surface area (Å²) in [5.41, 5.74) is 0. The number of alkyl halides is 2. The highest BCUT2D eigenvalue weighted by Crippen LogP contribution is 2.37. The van der Waals surface area contributed by atoms with Gasteiger partial charge in [0.15, 0.2) is 0 Å². The van der Waals surface area contributed by atoms with Crippen LogP contribution < -0.4 is 0 Å². The molecular formula is C8H14F2O. The van der Waals surface area contributed by atoms with Crippen molar-refractivity contribution in [2.45, 2.75) is 44.6 Å². The molecule has 3 heteroatoms. The molecule has 0 aromatic rings. The third kappa shape index (κ3) is 2.12. The van der Waals surface area contributed by atoms with E-state index >= 15 is 0 Å². The average molecular weight is 164 g/mol. The molecular weight excluding hydrogens is 150 g/mol. The molecule has 0 aliphatic heterocycles. The van der Waals surface area contributed by atoms with Crippen molar-refractivity contribution < 1.29 is 13.9 Å². The molecule has 0 aromatic heterocycles. The van der Waals surface area contributed by atoms with E-state index in [0.29, 0.717) is 6.42 Å². The van der Waals surface area contributed by atoms with Crippen LogP contribution in [0.2, 0.25) is 0 Å². The average Bonchev–Trinajstić information content (AvgIpc) is 1.94. The number of hydrogen-bond donors (Lipinski definition) is 1. The van der Waals surface area contributed by atoms with Crippen molar-refractivity contribution in [2.24, 2.45) is 5.92 Å². The predicted molar refractivity (Wildman–Crippen MR) is 38.6 cm³/mol. The van der Waals surface area contributed by atoms with Gasteiger partial charge in [0.05, 0.1) is 6.10 Å². The zero-order valence-corrected chi connectivity index (χ0v) is 6.69. The van der Waals surface area contributed by atoms with E-state index in [1.54, 1.807) is 0 Å². The van der Waals surface area contributed by atoms with Gasteiger partial charge in [0, 0.05) is 12.8 Å². The normalized spacial score (nSPS) is 37.1. The van der Waals surface area contributed by atoms with Gasteiger partial charge < -0.3 is 5.11 Å². The van der Waals surface area contributed by atoms with Crippen LogP contribution in [-0.2, 0) is 0 Å². The first-order valence-corrected chi connectivity index (χ1v) is 4.11. The summed E-state index contributed by atoms with van der Waals surface area (Å²) in [4.78, 5) is 0. The summed E-state index contributed by atoms with van der Waals surface area (Å²) in [6.07, 6.45) is 0.122. The molecule has 0 radical (unpaired) electrons. The van der Waals surface area contributed by atoms with Gasteiger partial charge in [-0.3, -0.25) is 0 Å². The standard InChI is InChI=1S/C8H14F2O/c1-2-6-5-8(9,10)4-3-7(6)11/h6-7,11H,2-5H2,1H3/t6-,7-/m0/s1. The molecule has 1 fully saturated rings. The molecule has 0 aromatic carbocycles. The molecule has 11 heavy (non-hydrogen) atoms. The number of hydrogen-bond acceptors (Lipinski definition) is 1. The van der Waals surface area contributed by atoms with Crippen LogP contribution in [0.1, 0.15) is 32.6 Å². The quantitative estimate of drug-likeness (QED) is 0.629. The third-order valence-electron chi connectivity index (χ3n) is 2.44. The Kier molecular flexibility index (Phi) is 2.47. The summed E-state index contributed by atoms with van der Waals surface area (Å²) < 4.78 is 25.4. The largest absolute Gasteiger partial charge is 0.393 e. The maximum Gasteiger partial charge on any atom is 0.248 e. The molecule has 0 saturated heterocycles. The molecule has 66 valence electrons. The van der Waals surface area contributed by atoms with E-state index < -0.39 is 12.0 Å². The summed E-state index contributed by atoms with van der Waals surface area (Å²) in [7, 11) is 0. The number of halogens is 2. The number of rotatable bonds is 1. The van der Waals surface area contributed by atoms with Gasteiger partial charge in [-0.1, -0.05) is 13.3 Å². The SMILES string of the molecule is CC[C@H]1CC(F)(F)CC[C@@H]1O.